The Labute approximate surface area is 122 Å². The zero-order valence-electron chi connectivity index (χ0n) is 12.1. The highest BCUT2D eigenvalue weighted by molar-refractivity contribution is 5.96. The van der Waals surface area contributed by atoms with Gasteiger partial charge in [-0.1, -0.05) is 26.0 Å². The third kappa shape index (κ3) is 3.75. The molecule has 1 heterocycles. The minimum Gasteiger partial charge on any atom is -0.332 e. The number of hydrogen-bond donors (Lipinski definition) is 1. The van der Waals surface area contributed by atoms with Crippen LogP contribution < -0.4 is 5.32 Å². The maximum atomic E-state index is 14.0. The van der Waals surface area contributed by atoms with E-state index in [-0.39, 0.29) is 24.6 Å². The Morgan fingerprint density at radius 1 is 1.43 bits per heavy atom. The van der Waals surface area contributed by atoms with Gasteiger partial charge >= 0.3 is 0 Å². The van der Waals surface area contributed by atoms with E-state index in [4.69, 9.17) is 0 Å². The van der Waals surface area contributed by atoms with Crippen LogP contribution in [0.4, 0.5) is 13.2 Å². The molecule has 1 amide bonds. The summed E-state index contributed by atoms with van der Waals surface area (Å²) in [6, 6.07) is 4.51. The number of alkyl halides is 2. The third-order valence-electron chi connectivity index (χ3n) is 3.47. The average Bonchev–Trinajstić information content (AvgIpc) is 2.76. The Bertz CT molecular complexity index is 532. The van der Waals surface area contributed by atoms with E-state index in [1.807, 2.05) is 13.8 Å². The molecule has 116 valence electrons. The predicted octanol–water partition coefficient (Wildman–Crippen LogP) is 2.80. The van der Waals surface area contributed by atoms with Gasteiger partial charge in [0.05, 0.1) is 12.1 Å². The van der Waals surface area contributed by atoms with Gasteiger partial charge in [0.2, 0.25) is 0 Å². The first-order valence-corrected chi connectivity index (χ1v) is 6.98. The lowest BCUT2D eigenvalue weighted by Gasteiger charge is -2.19. The van der Waals surface area contributed by atoms with Gasteiger partial charge in [0.1, 0.15) is 5.82 Å². The number of halogens is 3. The van der Waals surface area contributed by atoms with E-state index in [1.165, 1.54) is 12.1 Å². The molecule has 3 nitrogen and oxygen atoms in total. The van der Waals surface area contributed by atoms with Crippen molar-refractivity contribution in [1.82, 2.24) is 10.2 Å². The van der Waals surface area contributed by atoms with Crippen LogP contribution in [0.3, 0.4) is 0 Å². The molecule has 1 N–H and O–H groups in total. The summed E-state index contributed by atoms with van der Waals surface area (Å²) in [6.45, 7) is 3.50. The molecule has 0 spiro atoms. The quantitative estimate of drug-likeness (QED) is 0.927. The Kier molecular flexibility index (Phi) is 4.56. The van der Waals surface area contributed by atoms with Crippen LogP contribution >= 0.6 is 0 Å². The van der Waals surface area contributed by atoms with Crippen LogP contribution in [0, 0.1) is 5.82 Å². The fourth-order valence-electron chi connectivity index (χ4n) is 2.34. The molecule has 1 aliphatic heterocycles. The van der Waals surface area contributed by atoms with Gasteiger partial charge < -0.3 is 10.2 Å². The summed E-state index contributed by atoms with van der Waals surface area (Å²) in [7, 11) is 0. The summed E-state index contributed by atoms with van der Waals surface area (Å²) in [5.74, 6) is -4.21. The monoisotopic (exact) mass is 300 g/mol. The van der Waals surface area contributed by atoms with Gasteiger partial charge in [-0.3, -0.25) is 4.79 Å². The standard InChI is InChI=1S/C15H19F3N2O/c1-10(2)19-8-11-4-3-5-12(16)13(11)14(21)20-7-6-15(17,18)9-20/h3-5,10,19H,6-9H2,1-2H3. The maximum Gasteiger partial charge on any atom is 0.267 e. The molecule has 0 saturated carbocycles. The number of nitrogens with one attached hydrogen (secondary N) is 1. The Morgan fingerprint density at radius 2 is 2.14 bits per heavy atom. The lowest BCUT2D eigenvalue weighted by atomic mass is 10.1. The van der Waals surface area contributed by atoms with E-state index in [0.29, 0.717) is 12.1 Å². The highest BCUT2D eigenvalue weighted by atomic mass is 19.3. The van der Waals surface area contributed by atoms with Crippen molar-refractivity contribution in [2.24, 2.45) is 0 Å². The van der Waals surface area contributed by atoms with Crippen LogP contribution in [-0.2, 0) is 6.54 Å². The summed E-state index contributed by atoms with van der Waals surface area (Å²) < 4.78 is 40.5. The minimum absolute atomic E-state index is 0.0444. The number of carbonyl (C=O) groups excluding carboxylic acids is 1. The molecule has 0 aromatic heterocycles. The van der Waals surface area contributed by atoms with Crippen LogP contribution in [0.1, 0.15) is 36.2 Å². The second-order valence-corrected chi connectivity index (χ2v) is 5.64. The van der Waals surface area contributed by atoms with Crippen molar-refractivity contribution in [2.45, 2.75) is 38.8 Å². The van der Waals surface area contributed by atoms with E-state index in [2.05, 4.69) is 5.32 Å². The molecule has 6 heteroatoms. The average molecular weight is 300 g/mol. The maximum absolute atomic E-state index is 14.0. The van der Waals surface area contributed by atoms with Crippen LogP contribution in [0.15, 0.2) is 18.2 Å². The molecule has 1 aromatic rings. The van der Waals surface area contributed by atoms with E-state index >= 15 is 0 Å². The van der Waals surface area contributed by atoms with Crippen molar-refractivity contribution in [1.29, 1.82) is 0 Å². The minimum atomic E-state index is -2.88. The second kappa shape index (κ2) is 6.05. The second-order valence-electron chi connectivity index (χ2n) is 5.64. The summed E-state index contributed by atoms with van der Waals surface area (Å²) >= 11 is 0. The Balaban J connectivity index is 2.23. The smallest absolute Gasteiger partial charge is 0.267 e. The van der Waals surface area contributed by atoms with Crippen LogP contribution in [0.25, 0.3) is 0 Å². The van der Waals surface area contributed by atoms with Gasteiger partial charge in [-0.25, -0.2) is 13.2 Å². The summed E-state index contributed by atoms with van der Waals surface area (Å²) in [5, 5.41) is 3.11. The van der Waals surface area contributed by atoms with E-state index in [1.54, 1.807) is 6.07 Å². The number of carbonyl (C=O) groups is 1. The van der Waals surface area contributed by atoms with Gasteiger partial charge in [-0.15, -0.1) is 0 Å². The molecule has 2 rings (SSSR count). The molecule has 1 aromatic carbocycles. The third-order valence-corrected chi connectivity index (χ3v) is 3.47. The van der Waals surface area contributed by atoms with Crippen molar-refractivity contribution in [3.8, 4) is 0 Å². The van der Waals surface area contributed by atoms with Crippen molar-refractivity contribution in [2.75, 3.05) is 13.1 Å². The van der Waals surface area contributed by atoms with Crippen LogP contribution in [0.5, 0.6) is 0 Å². The van der Waals surface area contributed by atoms with E-state index < -0.39 is 24.2 Å². The Hall–Kier alpha value is -1.56. The molecule has 0 atom stereocenters. The number of nitrogens with zero attached hydrogens (tertiary/aromatic N) is 1. The fourth-order valence-corrected chi connectivity index (χ4v) is 2.34. The molecule has 0 bridgehead atoms. The molecule has 0 unspecified atom stereocenters. The molecule has 21 heavy (non-hydrogen) atoms. The van der Waals surface area contributed by atoms with Crippen molar-refractivity contribution in [3.63, 3.8) is 0 Å². The Morgan fingerprint density at radius 3 is 2.71 bits per heavy atom. The van der Waals surface area contributed by atoms with Gasteiger partial charge in [-0.05, 0) is 11.6 Å². The highest BCUT2D eigenvalue weighted by Crippen LogP contribution is 2.29. The molecule has 0 radical (unpaired) electrons. The predicted molar refractivity (Wildman–Crippen MR) is 73.8 cm³/mol. The van der Waals surface area contributed by atoms with Crippen molar-refractivity contribution < 1.29 is 18.0 Å². The summed E-state index contributed by atoms with van der Waals surface area (Å²) in [4.78, 5) is 13.4. The van der Waals surface area contributed by atoms with Gasteiger partial charge in [0, 0.05) is 25.6 Å². The molecule has 0 aliphatic carbocycles. The number of benzene rings is 1. The van der Waals surface area contributed by atoms with Crippen LogP contribution in [0.2, 0.25) is 0 Å². The van der Waals surface area contributed by atoms with Crippen molar-refractivity contribution >= 4 is 5.91 Å². The summed E-state index contributed by atoms with van der Waals surface area (Å²) in [6.07, 6.45) is -0.368. The lowest BCUT2D eigenvalue weighted by molar-refractivity contribution is 0.0119. The highest BCUT2D eigenvalue weighted by Gasteiger charge is 2.41. The normalized spacial score (nSPS) is 17.5. The molecular formula is C15H19F3N2O. The topological polar surface area (TPSA) is 32.3 Å². The first kappa shape index (κ1) is 15.8. The lowest BCUT2D eigenvalue weighted by Crippen LogP contribution is -2.33. The first-order valence-electron chi connectivity index (χ1n) is 6.98. The van der Waals surface area contributed by atoms with E-state index in [9.17, 15) is 18.0 Å². The zero-order valence-corrected chi connectivity index (χ0v) is 12.1. The molecule has 1 saturated heterocycles. The van der Waals surface area contributed by atoms with Crippen LogP contribution in [-0.4, -0.2) is 35.9 Å². The first-order chi connectivity index (χ1) is 9.80. The zero-order chi connectivity index (χ0) is 15.6. The fraction of sp³-hybridized carbons (Fsp3) is 0.533. The molecular weight excluding hydrogens is 281 g/mol. The number of likely N-dealkylation sites (tertiary alicyclic amines) is 1. The number of amides is 1. The molecule has 1 aliphatic rings. The van der Waals surface area contributed by atoms with Gasteiger partial charge in [0.15, 0.2) is 0 Å². The number of rotatable bonds is 4. The van der Waals surface area contributed by atoms with E-state index in [0.717, 1.165) is 4.90 Å². The molecule has 1 fully saturated rings. The summed E-state index contributed by atoms with van der Waals surface area (Å²) in [5.41, 5.74) is 0.382. The largest absolute Gasteiger partial charge is 0.332 e. The van der Waals surface area contributed by atoms with Gasteiger partial charge in [0.25, 0.3) is 11.8 Å². The number of hydrogen-bond acceptors (Lipinski definition) is 2. The van der Waals surface area contributed by atoms with Gasteiger partial charge in [-0.2, -0.15) is 0 Å². The SMILES string of the molecule is CC(C)NCc1cccc(F)c1C(=O)N1CCC(F)(F)C1. The van der Waals surface area contributed by atoms with Crippen molar-refractivity contribution in [3.05, 3.63) is 35.1 Å².